The van der Waals surface area contributed by atoms with Gasteiger partial charge in [-0.05, 0) is 42.3 Å². The third-order valence-corrected chi connectivity index (χ3v) is 5.33. The fourth-order valence-corrected chi connectivity index (χ4v) is 3.78. The molecular formula is C21H18ClN3O4. The summed E-state index contributed by atoms with van der Waals surface area (Å²) in [6.45, 7) is 2.68. The number of carbonyl (C=O) groups is 2. The summed E-state index contributed by atoms with van der Waals surface area (Å²) in [6, 6.07) is 11.6. The zero-order chi connectivity index (χ0) is 20.6. The van der Waals surface area contributed by atoms with Gasteiger partial charge in [0.1, 0.15) is 5.54 Å². The summed E-state index contributed by atoms with van der Waals surface area (Å²) in [5, 5.41) is 12.2. The van der Waals surface area contributed by atoms with Gasteiger partial charge in [0.05, 0.1) is 36.4 Å². The molecule has 7 nitrogen and oxygen atoms in total. The Balaban J connectivity index is 1.63. The molecule has 1 unspecified atom stereocenters. The Kier molecular flexibility index (Phi) is 4.81. The lowest BCUT2D eigenvalue weighted by atomic mass is 9.91. The van der Waals surface area contributed by atoms with Crippen molar-refractivity contribution in [1.29, 1.82) is 5.26 Å². The first kappa shape index (κ1) is 19.1. The van der Waals surface area contributed by atoms with E-state index in [1.165, 1.54) is 0 Å². The Labute approximate surface area is 172 Å². The third kappa shape index (κ3) is 3.36. The molecule has 1 N–H and O–H groups in total. The molecule has 29 heavy (non-hydrogen) atoms. The Morgan fingerprint density at radius 3 is 2.83 bits per heavy atom. The van der Waals surface area contributed by atoms with Crippen LogP contribution in [0.3, 0.4) is 0 Å². The lowest BCUT2D eigenvalue weighted by Crippen LogP contribution is -2.40. The van der Waals surface area contributed by atoms with E-state index in [2.05, 4.69) is 5.32 Å². The average Bonchev–Trinajstić information content (AvgIpc) is 2.88. The molecule has 148 valence electrons. The number of carbonyl (C=O) groups excluding carboxylic acids is 2. The van der Waals surface area contributed by atoms with Crippen molar-refractivity contribution in [3.8, 4) is 17.6 Å². The van der Waals surface area contributed by atoms with Crippen LogP contribution in [0.5, 0.6) is 11.5 Å². The maximum atomic E-state index is 13.1. The summed E-state index contributed by atoms with van der Waals surface area (Å²) < 4.78 is 11.3. The first-order valence-corrected chi connectivity index (χ1v) is 9.53. The molecule has 0 saturated carbocycles. The number of imide groups is 1. The molecule has 1 atom stereocenters. The topological polar surface area (TPSA) is 91.7 Å². The van der Waals surface area contributed by atoms with Gasteiger partial charge in [-0.15, -0.1) is 0 Å². The summed E-state index contributed by atoms with van der Waals surface area (Å²) >= 11 is 6.32. The van der Waals surface area contributed by atoms with E-state index in [4.69, 9.17) is 26.3 Å². The van der Waals surface area contributed by atoms with E-state index in [0.29, 0.717) is 46.4 Å². The van der Waals surface area contributed by atoms with Gasteiger partial charge >= 0.3 is 6.03 Å². The number of fused-ring (bicyclic) bond motifs is 1. The molecule has 4 rings (SSSR count). The van der Waals surface area contributed by atoms with Crippen LogP contribution < -0.4 is 14.8 Å². The van der Waals surface area contributed by atoms with Crippen LogP contribution in [0.4, 0.5) is 4.79 Å². The number of ether oxygens (including phenoxy) is 2. The van der Waals surface area contributed by atoms with E-state index >= 15 is 0 Å². The molecule has 8 heteroatoms. The highest BCUT2D eigenvalue weighted by molar-refractivity contribution is 6.32. The van der Waals surface area contributed by atoms with Crippen molar-refractivity contribution in [2.45, 2.75) is 25.4 Å². The molecular weight excluding hydrogens is 394 g/mol. The molecule has 0 spiro atoms. The van der Waals surface area contributed by atoms with Gasteiger partial charge in [0, 0.05) is 6.42 Å². The predicted octanol–water partition coefficient (Wildman–Crippen LogP) is 3.34. The van der Waals surface area contributed by atoms with Crippen molar-refractivity contribution in [2.75, 3.05) is 13.2 Å². The van der Waals surface area contributed by atoms with Crippen molar-refractivity contribution >= 4 is 23.5 Å². The third-order valence-electron chi connectivity index (χ3n) is 5.05. The molecule has 1 saturated heterocycles. The van der Waals surface area contributed by atoms with Gasteiger partial charge in [-0.25, -0.2) is 4.79 Å². The summed E-state index contributed by atoms with van der Waals surface area (Å²) in [5.41, 5.74) is 0.366. The lowest BCUT2D eigenvalue weighted by molar-refractivity contribution is -0.131. The molecule has 2 aliphatic heterocycles. The summed E-state index contributed by atoms with van der Waals surface area (Å²) in [6.07, 6.45) is 0.744. The quantitative estimate of drug-likeness (QED) is 0.782. The minimum absolute atomic E-state index is 0.0363. The molecule has 2 aromatic carbocycles. The maximum absolute atomic E-state index is 13.1. The minimum atomic E-state index is -1.25. The predicted molar refractivity (Wildman–Crippen MR) is 105 cm³/mol. The van der Waals surface area contributed by atoms with Crippen LogP contribution in [-0.4, -0.2) is 30.1 Å². The van der Waals surface area contributed by atoms with Gasteiger partial charge in [-0.3, -0.25) is 9.69 Å². The highest BCUT2D eigenvalue weighted by Crippen LogP contribution is 2.39. The van der Waals surface area contributed by atoms with Crippen LogP contribution in [0.25, 0.3) is 0 Å². The Bertz CT molecular complexity index is 1050. The molecule has 2 aromatic rings. The molecule has 0 radical (unpaired) electrons. The number of nitrogens with one attached hydrogen (secondary N) is 1. The normalized spacial score (nSPS) is 20.8. The largest absolute Gasteiger partial charge is 0.489 e. The van der Waals surface area contributed by atoms with Crippen molar-refractivity contribution < 1.29 is 19.1 Å². The van der Waals surface area contributed by atoms with Gasteiger partial charge < -0.3 is 14.8 Å². The zero-order valence-corrected chi connectivity index (χ0v) is 16.5. The van der Waals surface area contributed by atoms with Crippen LogP contribution in [0, 0.1) is 11.3 Å². The van der Waals surface area contributed by atoms with Crippen LogP contribution >= 0.6 is 11.6 Å². The van der Waals surface area contributed by atoms with Gasteiger partial charge in [0.15, 0.2) is 11.5 Å². The van der Waals surface area contributed by atoms with Crippen molar-refractivity contribution in [3.63, 3.8) is 0 Å². The molecule has 2 aliphatic rings. The lowest BCUT2D eigenvalue weighted by Gasteiger charge is -2.22. The second-order valence-electron chi connectivity index (χ2n) is 7.09. The van der Waals surface area contributed by atoms with Crippen molar-refractivity contribution in [3.05, 3.63) is 58.1 Å². The van der Waals surface area contributed by atoms with E-state index in [-0.39, 0.29) is 6.54 Å². The second-order valence-corrected chi connectivity index (χ2v) is 7.50. The molecule has 0 aromatic heterocycles. The first-order valence-electron chi connectivity index (χ1n) is 9.15. The number of nitrogens with zero attached hydrogens (tertiary/aromatic N) is 2. The van der Waals surface area contributed by atoms with E-state index in [9.17, 15) is 9.59 Å². The number of urea groups is 1. The number of hydrogen-bond acceptors (Lipinski definition) is 5. The highest BCUT2D eigenvalue weighted by atomic mass is 35.5. The molecule has 3 amide bonds. The molecule has 0 bridgehead atoms. The van der Waals surface area contributed by atoms with E-state index in [0.717, 1.165) is 11.3 Å². The fourth-order valence-electron chi connectivity index (χ4n) is 3.49. The average molecular weight is 412 g/mol. The fraction of sp³-hybridized carbons (Fsp3) is 0.286. The first-order chi connectivity index (χ1) is 13.9. The Morgan fingerprint density at radius 1 is 1.24 bits per heavy atom. The van der Waals surface area contributed by atoms with E-state index in [1.807, 2.05) is 6.07 Å². The summed E-state index contributed by atoms with van der Waals surface area (Å²) in [7, 11) is 0. The Morgan fingerprint density at radius 2 is 2.03 bits per heavy atom. The van der Waals surface area contributed by atoms with Gasteiger partial charge in [0.2, 0.25) is 0 Å². The number of hydrogen-bond donors (Lipinski definition) is 1. The van der Waals surface area contributed by atoms with Crippen molar-refractivity contribution in [2.24, 2.45) is 0 Å². The van der Waals surface area contributed by atoms with E-state index in [1.54, 1.807) is 43.3 Å². The smallest absolute Gasteiger partial charge is 0.325 e. The monoisotopic (exact) mass is 411 g/mol. The minimum Gasteiger partial charge on any atom is -0.489 e. The van der Waals surface area contributed by atoms with Gasteiger partial charge in [0.25, 0.3) is 5.91 Å². The van der Waals surface area contributed by atoms with E-state index < -0.39 is 17.5 Å². The molecule has 1 fully saturated rings. The van der Waals surface area contributed by atoms with Crippen LogP contribution in [0.1, 0.15) is 30.0 Å². The highest BCUT2D eigenvalue weighted by Gasteiger charge is 2.49. The zero-order valence-electron chi connectivity index (χ0n) is 15.7. The van der Waals surface area contributed by atoms with Crippen LogP contribution in [0.15, 0.2) is 36.4 Å². The number of rotatable bonds is 3. The number of halogens is 1. The SMILES string of the molecule is CC1(c2cccc(C#N)c2)NC(=O)N(Cc2cc(Cl)c3c(c2)OCCCO3)C1=O. The maximum Gasteiger partial charge on any atom is 0.325 e. The summed E-state index contributed by atoms with van der Waals surface area (Å²) in [5.74, 6) is 0.575. The summed E-state index contributed by atoms with van der Waals surface area (Å²) in [4.78, 5) is 26.9. The number of amides is 3. The van der Waals surface area contributed by atoms with Gasteiger partial charge in [-0.2, -0.15) is 5.26 Å². The number of benzene rings is 2. The molecule has 0 aliphatic carbocycles. The standard InChI is InChI=1S/C21H18ClN3O4/c1-21(15-5-2-4-13(8-15)11-23)19(26)25(20(27)24-21)12-14-9-16(22)18-17(10-14)28-6-3-7-29-18/h2,4-5,8-10H,3,6-7,12H2,1H3,(H,24,27). The second kappa shape index (κ2) is 7.30. The Hall–Kier alpha value is -3.24. The van der Waals surface area contributed by atoms with Gasteiger partial charge in [-0.1, -0.05) is 23.7 Å². The van der Waals surface area contributed by atoms with Crippen molar-refractivity contribution in [1.82, 2.24) is 10.2 Å². The number of nitriles is 1. The molecule has 2 heterocycles. The van der Waals surface area contributed by atoms with Crippen LogP contribution in [0.2, 0.25) is 5.02 Å². The van der Waals surface area contributed by atoms with Crippen LogP contribution in [-0.2, 0) is 16.9 Å².